The number of nitrogens with one attached hydrogen (secondary N) is 2. The minimum absolute atomic E-state index is 0.110. The molecule has 0 amide bonds. The summed E-state index contributed by atoms with van der Waals surface area (Å²) in [6.45, 7) is 3.44. The number of hydrogen-bond acceptors (Lipinski definition) is 6. The van der Waals surface area contributed by atoms with Crippen LogP contribution in [-0.2, 0) is 5.60 Å². The minimum Gasteiger partial charge on any atom is -0.385 e. The fourth-order valence-corrected chi connectivity index (χ4v) is 5.18. The van der Waals surface area contributed by atoms with Crippen LogP contribution in [0.4, 0.5) is 4.39 Å². The highest BCUT2D eigenvalue weighted by Crippen LogP contribution is 2.37. The molecule has 33 heavy (non-hydrogen) atoms. The molecule has 172 valence electrons. The number of benzene rings is 2. The number of rotatable bonds is 4. The molecule has 2 aromatic carbocycles. The Hall–Kier alpha value is -2.85. The van der Waals surface area contributed by atoms with E-state index < -0.39 is 5.60 Å². The summed E-state index contributed by atoms with van der Waals surface area (Å²) in [5.41, 5.74) is 2.61. The van der Waals surface area contributed by atoms with Crippen molar-refractivity contribution in [3.63, 3.8) is 0 Å². The van der Waals surface area contributed by atoms with Gasteiger partial charge in [0.15, 0.2) is 5.82 Å². The van der Waals surface area contributed by atoms with Crippen LogP contribution in [0.1, 0.15) is 31.2 Å². The van der Waals surface area contributed by atoms with Gasteiger partial charge in [-0.15, -0.1) is 0 Å². The van der Waals surface area contributed by atoms with Gasteiger partial charge in [-0.1, -0.05) is 6.07 Å². The summed E-state index contributed by atoms with van der Waals surface area (Å²) in [6.07, 6.45) is 2.97. The van der Waals surface area contributed by atoms with Crippen LogP contribution in [0, 0.1) is 5.82 Å². The number of hydrogen-bond donors (Lipinski definition) is 4. The summed E-state index contributed by atoms with van der Waals surface area (Å²) in [6, 6.07) is 10.2. The second-order valence-corrected chi connectivity index (χ2v) is 9.39. The number of imidazole rings is 1. The molecule has 8 nitrogen and oxygen atoms in total. The number of halogens is 1. The van der Waals surface area contributed by atoms with Crippen molar-refractivity contribution in [2.24, 2.45) is 0 Å². The van der Waals surface area contributed by atoms with E-state index in [0.29, 0.717) is 42.8 Å². The molecule has 2 fully saturated rings. The van der Waals surface area contributed by atoms with E-state index in [2.05, 4.69) is 25.1 Å². The lowest BCUT2D eigenvalue weighted by molar-refractivity contribution is -0.141. The van der Waals surface area contributed by atoms with Crippen molar-refractivity contribution in [2.45, 2.75) is 37.3 Å². The fraction of sp³-hybridized carbons (Fsp3) is 0.417. The number of fused-ring (bicyclic) bond motifs is 2. The van der Waals surface area contributed by atoms with E-state index in [4.69, 9.17) is 0 Å². The van der Waals surface area contributed by atoms with E-state index in [1.807, 2.05) is 18.2 Å². The predicted molar refractivity (Wildman–Crippen MR) is 122 cm³/mol. The van der Waals surface area contributed by atoms with Crippen molar-refractivity contribution >= 4 is 21.9 Å². The lowest BCUT2D eigenvalue weighted by Crippen LogP contribution is -2.49. The van der Waals surface area contributed by atoms with Crippen LogP contribution in [0.3, 0.4) is 0 Å². The third-order valence-electron chi connectivity index (χ3n) is 7.16. The number of aliphatic hydroxyl groups is 1. The van der Waals surface area contributed by atoms with Crippen LogP contribution in [-0.4, -0.2) is 72.7 Å². The fourth-order valence-electron chi connectivity index (χ4n) is 5.18. The van der Waals surface area contributed by atoms with Crippen LogP contribution in [0.5, 0.6) is 0 Å². The van der Waals surface area contributed by atoms with Gasteiger partial charge in [-0.3, -0.25) is 5.10 Å². The molecule has 6 rings (SSSR count). The van der Waals surface area contributed by atoms with Gasteiger partial charge in [0.05, 0.1) is 28.2 Å². The zero-order valence-electron chi connectivity index (χ0n) is 18.3. The molecule has 0 saturated carbocycles. The zero-order valence-corrected chi connectivity index (χ0v) is 18.3. The van der Waals surface area contributed by atoms with Crippen molar-refractivity contribution in [1.29, 1.82) is 0 Å². The van der Waals surface area contributed by atoms with Gasteiger partial charge in [0, 0.05) is 18.5 Å². The lowest BCUT2D eigenvalue weighted by atomic mass is 9.84. The Morgan fingerprint density at radius 1 is 1.09 bits per heavy atom. The van der Waals surface area contributed by atoms with Crippen LogP contribution < -0.4 is 0 Å². The first-order valence-electron chi connectivity index (χ1n) is 11.5. The monoisotopic (exact) mass is 450 g/mol. The van der Waals surface area contributed by atoms with Gasteiger partial charge in [0.25, 0.3) is 0 Å². The Balaban J connectivity index is 1.33. The van der Waals surface area contributed by atoms with Gasteiger partial charge in [-0.2, -0.15) is 10.2 Å². The normalized spacial score (nSPS) is 24.9. The average Bonchev–Trinajstić information content (AvgIpc) is 3.34. The number of nitrogens with zero attached hydrogens (tertiary/aromatic N) is 4. The summed E-state index contributed by atoms with van der Waals surface area (Å²) < 4.78 is 13.5. The third kappa shape index (κ3) is 3.71. The summed E-state index contributed by atoms with van der Waals surface area (Å²) in [5, 5.41) is 31.6. The Bertz CT molecular complexity index is 1320. The first-order chi connectivity index (χ1) is 16.0. The van der Waals surface area contributed by atoms with Gasteiger partial charge in [0.1, 0.15) is 11.5 Å². The Morgan fingerprint density at radius 3 is 2.79 bits per heavy atom. The van der Waals surface area contributed by atoms with E-state index in [0.717, 1.165) is 41.6 Å². The Labute approximate surface area is 190 Å². The first-order valence-corrected chi connectivity index (χ1v) is 11.5. The van der Waals surface area contributed by atoms with Crippen LogP contribution in [0.2, 0.25) is 0 Å². The molecule has 9 heteroatoms. The van der Waals surface area contributed by atoms with Crippen molar-refractivity contribution in [1.82, 2.24) is 30.1 Å². The topological polar surface area (TPSA) is 104 Å². The summed E-state index contributed by atoms with van der Waals surface area (Å²) >= 11 is 0. The molecule has 4 aromatic rings. The van der Waals surface area contributed by atoms with E-state index >= 15 is 0 Å². The molecule has 2 unspecified atom stereocenters. The molecule has 2 aromatic heterocycles. The average molecular weight is 451 g/mol. The maximum absolute atomic E-state index is 13.5. The van der Waals surface area contributed by atoms with E-state index in [1.54, 1.807) is 6.07 Å². The summed E-state index contributed by atoms with van der Waals surface area (Å²) in [5.74, 6) is 0.266. The van der Waals surface area contributed by atoms with Crippen molar-refractivity contribution in [2.75, 3.05) is 26.2 Å². The van der Waals surface area contributed by atoms with Crippen molar-refractivity contribution in [3.05, 3.63) is 47.8 Å². The standard InChI is InChI=1S/C24H27FN6O2/c25-16-4-5-18-20(12-16)28-29-22(18)23-26-19-6-3-15(11-21(19)27-23)24(32)7-1-10-31(33)17(13-24)14-30-8-2-9-30/h3-6,11-12,17,32-33H,1-2,7-10,13-14H2,(H,26,27)(H,28,29). The van der Waals surface area contributed by atoms with Gasteiger partial charge >= 0.3 is 0 Å². The minimum atomic E-state index is -1.02. The number of aromatic nitrogens is 4. The summed E-state index contributed by atoms with van der Waals surface area (Å²) in [4.78, 5) is 10.3. The zero-order chi connectivity index (χ0) is 22.6. The first kappa shape index (κ1) is 20.7. The number of H-pyrrole nitrogens is 2. The molecule has 0 radical (unpaired) electrons. The SMILES string of the molecule is ON1CCCC(O)(c2ccc3nc(-c4n[nH]c5cc(F)ccc45)[nH]c3c2)CC1CN1CCC1. The number of aromatic amines is 2. The van der Waals surface area contributed by atoms with Crippen LogP contribution in [0.15, 0.2) is 36.4 Å². The molecular weight excluding hydrogens is 423 g/mol. The molecule has 0 spiro atoms. The molecule has 4 heterocycles. The molecule has 2 aliphatic heterocycles. The smallest absolute Gasteiger partial charge is 0.159 e. The highest BCUT2D eigenvalue weighted by molar-refractivity contribution is 5.93. The second-order valence-electron chi connectivity index (χ2n) is 9.39. The molecule has 0 bridgehead atoms. The maximum Gasteiger partial charge on any atom is 0.159 e. The third-order valence-corrected chi connectivity index (χ3v) is 7.16. The van der Waals surface area contributed by atoms with E-state index in [1.165, 1.54) is 23.6 Å². The number of hydroxylamine groups is 2. The van der Waals surface area contributed by atoms with E-state index in [-0.39, 0.29) is 11.9 Å². The van der Waals surface area contributed by atoms with Crippen LogP contribution >= 0.6 is 0 Å². The van der Waals surface area contributed by atoms with E-state index in [9.17, 15) is 14.7 Å². The molecule has 2 atom stereocenters. The predicted octanol–water partition coefficient (Wildman–Crippen LogP) is 3.38. The molecule has 4 N–H and O–H groups in total. The Kier molecular flexibility index (Phi) is 4.95. The quantitative estimate of drug-likeness (QED) is 0.380. The molecular formula is C24H27FN6O2. The van der Waals surface area contributed by atoms with Crippen LogP contribution in [0.25, 0.3) is 33.5 Å². The summed E-state index contributed by atoms with van der Waals surface area (Å²) in [7, 11) is 0. The van der Waals surface area contributed by atoms with Gasteiger partial charge in [-0.25, -0.2) is 9.37 Å². The van der Waals surface area contributed by atoms with Gasteiger partial charge < -0.3 is 20.2 Å². The Morgan fingerprint density at radius 2 is 1.97 bits per heavy atom. The van der Waals surface area contributed by atoms with Gasteiger partial charge in [0.2, 0.25) is 0 Å². The molecule has 2 aliphatic rings. The second kappa shape index (κ2) is 7.88. The van der Waals surface area contributed by atoms with Crippen molar-refractivity contribution in [3.8, 4) is 11.5 Å². The highest BCUT2D eigenvalue weighted by atomic mass is 19.1. The van der Waals surface area contributed by atoms with Gasteiger partial charge in [-0.05, 0) is 74.7 Å². The maximum atomic E-state index is 13.5. The number of likely N-dealkylation sites (tertiary alicyclic amines) is 1. The molecule has 2 saturated heterocycles. The molecule has 0 aliphatic carbocycles. The van der Waals surface area contributed by atoms with Crippen molar-refractivity contribution < 1.29 is 14.7 Å². The largest absolute Gasteiger partial charge is 0.385 e. The highest BCUT2D eigenvalue weighted by Gasteiger charge is 2.38. The lowest BCUT2D eigenvalue weighted by Gasteiger charge is -2.38.